The Hall–Kier alpha value is -3.93. The number of nitrogens with one attached hydrogen (secondary N) is 2. The van der Waals surface area contributed by atoms with Crippen LogP contribution >= 0.6 is 0 Å². The number of amides is 1. The van der Waals surface area contributed by atoms with Gasteiger partial charge in [0, 0.05) is 30.3 Å². The van der Waals surface area contributed by atoms with Gasteiger partial charge in [0.1, 0.15) is 0 Å². The highest BCUT2D eigenvalue weighted by atomic mass is 16.1. The quantitative estimate of drug-likeness (QED) is 0.473. The molecule has 0 spiro atoms. The van der Waals surface area contributed by atoms with Crippen LogP contribution in [-0.4, -0.2) is 27.6 Å². The van der Waals surface area contributed by atoms with Gasteiger partial charge in [-0.3, -0.25) is 14.9 Å². The molecule has 0 saturated carbocycles. The maximum Gasteiger partial charge on any atom is 0.251 e. The van der Waals surface area contributed by atoms with Crippen molar-refractivity contribution >= 4 is 11.6 Å². The second kappa shape index (κ2) is 8.39. The third-order valence-electron chi connectivity index (χ3n) is 4.68. The Morgan fingerprint density at radius 3 is 2.62 bits per heavy atom. The molecule has 0 saturated heterocycles. The number of aromatic nitrogens is 3. The predicted octanol–water partition coefficient (Wildman–Crippen LogP) is 3.69. The molecule has 2 aromatic heterocycles. The van der Waals surface area contributed by atoms with Crippen LogP contribution in [0.1, 0.15) is 16.1 Å². The van der Waals surface area contributed by atoms with Crippen molar-refractivity contribution in [3.63, 3.8) is 0 Å². The molecule has 144 valence electrons. The molecule has 0 radical (unpaired) electrons. The van der Waals surface area contributed by atoms with Gasteiger partial charge in [-0.15, -0.1) is 0 Å². The number of hydrogen-bond donors (Lipinski definition) is 3. The molecule has 2 heterocycles. The summed E-state index contributed by atoms with van der Waals surface area (Å²) >= 11 is 0. The van der Waals surface area contributed by atoms with Crippen LogP contribution in [0.25, 0.3) is 22.5 Å². The van der Waals surface area contributed by atoms with Crippen molar-refractivity contribution in [2.24, 2.45) is 0 Å². The molecule has 4 N–H and O–H groups in total. The van der Waals surface area contributed by atoms with E-state index in [1.807, 2.05) is 54.6 Å². The van der Waals surface area contributed by atoms with Crippen LogP contribution in [0.2, 0.25) is 0 Å². The summed E-state index contributed by atoms with van der Waals surface area (Å²) < 4.78 is 0. The number of H-pyrrole nitrogens is 1. The number of nitrogens with zero attached hydrogens (tertiary/aromatic N) is 2. The fourth-order valence-corrected chi connectivity index (χ4v) is 3.18. The Kier molecular flexibility index (Phi) is 5.33. The van der Waals surface area contributed by atoms with E-state index in [4.69, 9.17) is 5.73 Å². The summed E-state index contributed by atoms with van der Waals surface area (Å²) in [7, 11) is 0. The largest absolute Gasteiger partial charge is 0.397 e. The molecule has 0 unspecified atom stereocenters. The van der Waals surface area contributed by atoms with Crippen LogP contribution in [0.4, 0.5) is 5.69 Å². The third kappa shape index (κ3) is 4.16. The van der Waals surface area contributed by atoms with Crippen LogP contribution in [0, 0.1) is 0 Å². The van der Waals surface area contributed by atoms with E-state index in [2.05, 4.69) is 20.5 Å². The number of aromatic amines is 1. The molecule has 0 bridgehead atoms. The van der Waals surface area contributed by atoms with Crippen LogP contribution in [0.15, 0.2) is 79.0 Å². The smallest absolute Gasteiger partial charge is 0.251 e. The van der Waals surface area contributed by atoms with Gasteiger partial charge in [0.25, 0.3) is 5.91 Å². The molecule has 0 aliphatic heterocycles. The first-order valence-corrected chi connectivity index (χ1v) is 9.40. The van der Waals surface area contributed by atoms with Crippen molar-refractivity contribution in [2.45, 2.75) is 6.42 Å². The fraction of sp³-hybridized carbons (Fsp3) is 0.0870. The van der Waals surface area contributed by atoms with E-state index in [0.717, 1.165) is 28.2 Å². The summed E-state index contributed by atoms with van der Waals surface area (Å²) in [6.45, 7) is 0.449. The number of carbonyl (C=O) groups is 1. The molecule has 1 amide bonds. The Bertz CT molecular complexity index is 1120. The lowest BCUT2D eigenvalue weighted by Crippen LogP contribution is -2.26. The van der Waals surface area contributed by atoms with Crippen molar-refractivity contribution < 1.29 is 4.79 Å². The number of hydrogen-bond acceptors (Lipinski definition) is 4. The van der Waals surface area contributed by atoms with E-state index < -0.39 is 0 Å². The van der Waals surface area contributed by atoms with Gasteiger partial charge in [-0.05, 0) is 29.8 Å². The van der Waals surface area contributed by atoms with Gasteiger partial charge in [-0.1, -0.05) is 48.5 Å². The van der Waals surface area contributed by atoms with E-state index in [-0.39, 0.29) is 5.91 Å². The zero-order chi connectivity index (χ0) is 20.1. The zero-order valence-corrected chi connectivity index (χ0v) is 15.8. The first-order valence-electron chi connectivity index (χ1n) is 9.40. The normalized spacial score (nSPS) is 10.6. The summed E-state index contributed by atoms with van der Waals surface area (Å²) in [6.07, 6.45) is 2.27. The maximum atomic E-state index is 12.8. The summed E-state index contributed by atoms with van der Waals surface area (Å²) in [5.74, 6) is -0.153. The molecule has 2 aromatic carbocycles. The lowest BCUT2D eigenvalue weighted by molar-refractivity contribution is 0.0954. The molecule has 6 nitrogen and oxygen atoms in total. The number of pyridine rings is 1. The lowest BCUT2D eigenvalue weighted by Gasteiger charge is -2.09. The van der Waals surface area contributed by atoms with Crippen LogP contribution in [0.5, 0.6) is 0 Å². The molecule has 0 fully saturated rings. The minimum atomic E-state index is -0.153. The Labute approximate surface area is 168 Å². The van der Waals surface area contributed by atoms with Gasteiger partial charge in [0.2, 0.25) is 0 Å². The van der Waals surface area contributed by atoms with Gasteiger partial charge in [0.15, 0.2) is 0 Å². The predicted molar refractivity (Wildman–Crippen MR) is 114 cm³/mol. The number of carbonyl (C=O) groups excluding carboxylic acids is 1. The van der Waals surface area contributed by atoms with Crippen molar-refractivity contribution in [2.75, 3.05) is 12.3 Å². The zero-order valence-electron chi connectivity index (χ0n) is 15.8. The molecule has 0 atom stereocenters. The average molecular weight is 383 g/mol. The third-order valence-corrected chi connectivity index (χ3v) is 4.68. The van der Waals surface area contributed by atoms with Crippen LogP contribution in [-0.2, 0) is 6.42 Å². The standard InChI is InChI=1S/C23H21N5O/c24-19-11-6-13-25-20(19)12-14-26-23(29)18-10-5-4-9-17(18)22-15-21(27-28-22)16-7-2-1-3-8-16/h1-11,13,15H,12,14,24H2,(H,26,29)(H,27,28). The van der Waals surface area contributed by atoms with Crippen molar-refractivity contribution in [1.29, 1.82) is 0 Å². The Morgan fingerprint density at radius 2 is 1.79 bits per heavy atom. The number of rotatable bonds is 6. The minimum absolute atomic E-state index is 0.153. The van der Waals surface area contributed by atoms with Crippen molar-refractivity contribution in [1.82, 2.24) is 20.5 Å². The highest BCUT2D eigenvalue weighted by Crippen LogP contribution is 2.26. The molecule has 0 aliphatic carbocycles. The van der Waals surface area contributed by atoms with Crippen LogP contribution in [0.3, 0.4) is 0 Å². The fourth-order valence-electron chi connectivity index (χ4n) is 3.18. The number of nitrogens with two attached hydrogens (primary N) is 1. The summed E-state index contributed by atoms with van der Waals surface area (Å²) in [6, 6.07) is 23.0. The molecule has 4 aromatic rings. The van der Waals surface area contributed by atoms with Gasteiger partial charge in [-0.2, -0.15) is 5.10 Å². The SMILES string of the molecule is Nc1cccnc1CCNC(=O)c1ccccc1-c1cc(-c2ccccc2)[nH]n1. The molecule has 6 heteroatoms. The second-order valence-corrected chi connectivity index (χ2v) is 6.62. The highest BCUT2D eigenvalue weighted by Gasteiger charge is 2.15. The van der Waals surface area contributed by atoms with Crippen LogP contribution < -0.4 is 11.1 Å². The van der Waals surface area contributed by atoms with Crippen molar-refractivity contribution in [3.05, 3.63) is 90.3 Å². The van der Waals surface area contributed by atoms with Gasteiger partial charge in [-0.25, -0.2) is 0 Å². The van der Waals surface area contributed by atoms with E-state index in [0.29, 0.717) is 24.2 Å². The number of benzene rings is 2. The summed E-state index contributed by atoms with van der Waals surface area (Å²) in [5.41, 5.74) is 11.3. The number of nitrogen functional groups attached to an aromatic ring is 1. The summed E-state index contributed by atoms with van der Waals surface area (Å²) in [4.78, 5) is 17.0. The molecule has 4 rings (SSSR count). The van der Waals surface area contributed by atoms with E-state index in [1.54, 1.807) is 24.4 Å². The molecular weight excluding hydrogens is 362 g/mol. The van der Waals surface area contributed by atoms with E-state index >= 15 is 0 Å². The monoisotopic (exact) mass is 383 g/mol. The van der Waals surface area contributed by atoms with Crippen molar-refractivity contribution in [3.8, 4) is 22.5 Å². The highest BCUT2D eigenvalue weighted by molar-refractivity contribution is 6.00. The van der Waals surface area contributed by atoms with E-state index in [1.165, 1.54) is 0 Å². The maximum absolute atomic E-state index is 12.8. The first-order chi connectivity index (χ1) is 14.2. The van der Waals surface area contributed by atoms with Gasteiger partial charge < -0.3 is 11.1 Å². The molecule has 0 aliphatic rings. The minimum Gasteiger partial charge on any atom is -0.397 e. The first kappa shape index (κ1) is 18.4. The average Bonchev–Trinajstić information content (AvgIpc) is 3.26. The topological polar surface area (TPSA) is 96.7 Å². The van der Waals surface area contributed by atoms with Gasteiger partial charge >= 0.3 is 0 Å². The summed E-state index contributed by atoms with van der Waals surface area (Å²) in [5, 5.41) is 10.4. The van der Waals surface area contributed by atoms with Gasteiger partial charge in [0.05, 0.1) is 22.8 Å². The Balaban J connectivity index is 1.50. The molecular formula is C23H21N5O. The van der Waals surface area contributed by atoms with E-state index in [9.17, 15) is 4.79 Å². The second-order valence-electron chi connectivity index (χ2n) is 6.62. The molecule has 29 heavy (non-hydrogen) atoms. The Morgan fingerprint density at radius 1 is 1.00 bits per heavy atom. The lowest BCUT2D eigenvalue weighted by atomic mass is 10.0. The number of anilines is 1.